The Morgan fingerprint density at radius 2 is 1.21 bits per heavy atom. The fourth-order valence-electron chi connectivity index (χ4n) is 2.08. The summed E-state index contributed by atoms with van der Waals surface area (Å²) in [4.78, 5) is 0. The highest BCUT2D eigenvalue weighted by molar-refractivity contribution is 5.45. The molecule has 1 aromatic rings. The number of hydrogen-bond acceptors (Lipinski definition) is 1. The van der Waals surface area contributed by atoms with Crippen LogP contribution in [0.3, 0.4) is 0 Å². The zero-order chi connectivity index (χ0) is 19.3. The molecule has 10 heteroatoms. The van der Waals surface area contributed by atoms with Crippen molar-refractivity contribution >= 4 is 0 Å². The topological polar surface area (TPSA) is 26.0 Å². The second-order valence-corrected chi connectivity index (χ2v) is 6.33. The van der Waals surface area contributed by atoms with Crippen LogP contribution in [0.4, 0.5) is 39.5 Å². The van der Waals surface area contributed by atoms with Crippen molar-refractivity contribution in [1.29, 1.82) is 0 Å². The van der Waals surface area contributed by atoms with Crippen molar-refractivity contribution in [2.45, 2.75) is 45.3 Å². The first-order chi connectivity index (χ1) is 10.4. The van der Waals surface area contributed by atoms with E-state index in [1.165, 1.54) is 20.8 Å². The van der Waals surface area contributed by atoms with Gasteiger partial charge < -0.3 is 5.73 Å². The second kappa shape index (κ2) is 5.82. The normalized spacial score (nSPS) is 15.5. The Kier molecular flexibility index (Phi) is 4.99. The van der Waals surface area contributed by atoms with E-state index in [-0.39, 0.29) is 6.07 Å². The smallest absolute Gasteiger partial charge is 0.323 e. The Morgan fingerprint density at radius 3 is 1.50 bits per heavy atom. The van der Waals surface area contributed by atoms with E-state index in [1.807, 2.05) is 0 Å². The van der Waals surface area contributed by atoms with Crippen LogP contribution in [0.5, 0.6) is 0 Å². The van der Waals surface area contributed by atoms with Gasteiger partial charge in [0.2, 0.25) is 0 Å². The Bertz CT molecular complexity index is 603. The maximum atomic E-state index is 13.2. The molecule has 1 aromatic carbocycles. The van der Waals surface area contributed by atoms with Crippen LogP contribution in [-0.2, 0) is 18.5 Å². The Balaban J connectivity index is 3.96. The molecule has 0 aliphatic heterocycles. The van der Waals surface area contributed by atoms with E-state index in [1.54, 1.807) is 0 Å². The van der Waals surface area contributed by atoms with Crippen molar-refractivity contribution in [2.24, 2.45) is 11.1 Å². The highest BCUT2D eigenvalue weighted by atomic mass is 19.4. The van der Waals surface area contributed by atoms with Crippen LogP contribution < -0.4 is 5.73 Å². The summed E-state index contributed by atoms with van der Waals surface area (Å²) in [5.74, 6) is 0. The van der Waals surface area contributed by atoms with E-state index in [0.717, 1.165) is 0 Å². The van der Waals surface area contributed by atoms with Crippen LogP contribution in [0.25, 0.3) is 0 Å². The maximum Gasteiger partial charge on any atom is 0.417 e. The van der Waals surface area contributed by atoms with Crippen molar-refractivity contribution in [2.75, 3.05) is 0 Å². The Hall–Kier alpha value is -1.45. The lowest BCUT2D eigenvalue weighted by atomic mass is 9.79. The first-order valence-electron chi connectivity index (χ1n) is 6.52. The zero-order valence-electron chi connectivity index (χ0n) is 12.7. The van der Waals surface area contributed by atoms with Crippen LogP contribution in [0.1, 0.15) is 49.1 Å². The summed E-state index contributed by atoms with van der Waals surface area (Å²) in [7, 11) is 0. The van der Waals surface area contributed by atoms with Gasteiger partial charge in [0.05, 0.1) is 16.7 Å². The zero-order valence-corrected chi connectivity index (χ0v) is 12.7. The molecule has 0 radical (unpaired) electrons. The summed E-state index contributed by atoms with van der Waals surface area (Å²) < 4.78 is 117. The molecule has 0 spiro atoms. The molecule has 0 saturated carbocycles. The molecule has 1 unspecified atom stereocenters. The summed E-state index contributed by atoms with van der Waals surface area (Å²) in [6.45, 7) is 3.93. The molecule has 0 aliphatic rings. The van der Waals surface area contributed by atoms with Crippen molar-refractivity contribution in [3.8, 4) is 0 Å². The molecule has 0 heterocycles. The molecule has 0 saturated heterocycles. The van der Waals surface area contributed by atoms with Gasteiger partial charge in [0.1, 0.15) is 0 Å². The third kappa shape index (κ3) is 4.34. The summed E-state index contributed by atoms with van der Waals surface area (Å²) in [5, 5.41) is 0. The van der Waals surface area contributed by atoms with E-state index in [2.05, 4.69) is 0 Å². The number of hydrogen-bond donors (Lipinski definition) is 1. The van der Waals surface area contributed by atoms with Gasteiger partial charge in [-0.05, 0) is 23.1 Å². The molecular weight excluding hydrogens is 353 g/mol. The lowest BCUT2D eigenvalue weighted by molar-refractivity contribution is -0.164. The minimum absolute atomic E-state index is 0.0357. The number of rotatable bonds is 1. The number of alkyl halides is 9. The van der Waals surface area contributed by atoms with E-state index in [0.29, 0.717) is 0 Å². The first-order valence-corrected chi connectivity index (χ1v) is 6.52. The van der Waals surface area contributed by atoms with Gasteiger partial charge in [-0.2, -0.15) is 39.5 Å². The molecule has 0 bridgehead atoms. The Labute approximate surface area is 131 Å². The van der Waals surface area contributed by atoms with Gasteiger partial charge in [0.25, 0.3) is 0 Å². The predicted octanol–water partition coefficient (Wildman–Crippen LogP) is 5.79. The highest BCUT2D eigenvalue weighted by Crippen LogP contribution is 2.48. The van der Waals surface area contributed by atoms with Crippen molar-refractivity contribution in [1.82, 2.24) is 0 Å². The number of halogens is 9. The largest absolute Gasteiger partial charge is 0.417 e. The van der Waals surface area contributed by atoms with Crippen LogP contribution in [0.2, 0.25) is 0 Å². The van der Waals surface area contributed by atoms with Crippen LogP contribution >= 0.6 is 0 Å². The average Bonchev–Trinajstić information content (AvgIpc) is 2.31. The van der Waals surface area contributed by atoms with E-state index < -0.39 is 58.3 Å². The third-order valence-corrected chi connectivity index (χ3v) is 3.35. The number of nitrogens with two attached hydrogens (primary N) is 1. The first kappa shape index (κ1) is 20.6. The minimum atomic E-state index is -5.63. The van der Waals surface area contributed by atoms with Crippen LogP contribution in [-0.4, -0.2) is 0 Å². The maximum absolute atomic E-state index is 13.2. The van der Waals surface area contributed by atoms with Crippen LogP contribution in [0, 0.1) is 5.41 Å². The number of benzene rings is 1. The van der Waals surface area contributed by atoms with Crippen LogP contribution in [0.15, 0.2) is 12.1 Å². The lowest BCUT2D eigenvalue weighted by Crippen LogP contribution is -2.31. The average molecular weight is 367 g/mol. The predicted molar refractivity (Wildman–Crippen MR) is 67.8 cm³/mol. The molecule has 1 atom stereocenters. The second-order valence-electron chi connectivity index (χ2n) is 6.33. The summed E-state index contributed by atoms with van der Waals surface area (Å²) in [5.41, 5.74) is -3.31. The van der Waals surface area contributed by atoms with E-state index in [9.17, 15) is 39.5 Å². The molecule has 0 fully saturated rings. The summed E-state index contributed by atoms with van der Waals surface area (Å²) >= 11 is 0. The fraction of sp³-hybridized carbons (Fsp3) is 0.571. The molecule has 0 aromatic heterocycles. The molecule has 0 aliphatic carbocycles. The van der Waals surface area contributed by atoms with E-state index >= 15 is 0 Å². The standard InChI is InChI=1S/C14H14F9N/c1-11(2,3)10(24)7-4-6(12(15,16)17)5-8(13(18,19)20)9(7)14(21,22)23/h4-5,10H,24H2,1-3H3. The SMILES string of the molecule is CC(C)(C)C(N)c1cc(C(F)(F)F)cc(C(F)(F)F)c1C(F)(F)F. The minimum Gasteiger partial charge on any atom is -0.323 e. The molecule has 24 heavy (non-hydrogen) atoms. The summed E-state index contributed by atoms with van der Waals surface area (Å²) in [6, 6.07) is -2.20. The summed E-state index contributed by atoms with van der Waals surface area (Å²) in [6.07, 6.45) is -16.4. The molecule has 138 valence electrons. The van der Waals surface area contributed by atoms with Gasteiger partial charge in [-0.3, -0.25) is 0 Å². The highest BCUT2D eigenvalue weighted by Gasteiger charge is 2.48. The molecular formula is C14H14F9N. The molecule has 1 rings (SSSR count). The van der Waals surface area contributed by atoms with E-state index in [4.69, 9.17) is 5.73 Å². The molecule has 1 nitrogen and oxygen atoms in total. The fourth-order valence-corrected chi connectivity index (χ4v) is 2.08. The molecule has 2 N–H and O–H groups in total. The van der Waals surface area contributed by atoms with Crippen molar-refractivity contribution in [3.63, 3.8) is 0 Å². The van der Waals surface area contributed by atoms with Crippen molar-refractivity contribution < 1.29 is 39.5 Å². The van der Waals surface area contributed by atoms with Gasteiger partial charge in [0.15, 0.2) is 0 Å². The third-order valence-electron chi connectivity index (χ3n) is 3.35. The quantitative estimate of drug-likeness (QED) is 0.625. The van der Waals surface area contributed by atoms with Crippen molar-refractivity contribution in [3.05, 3.63) is 34.4 Å². The van der Waals surface area contributed by atoms with Gasteiger partial charge >= 0.3 is 18.5 Å². The molecule has 0 amide bonds. The Morgan fingerprint density at radius 1 is 0.750 bits per heavy atom. The van der Waals surface area contributed by atoms with Gasteiger partial charge in [0, 0.05) is 6.04 Å². The van der Waals surface area contributed by atoms with Gasteiger partial charge in [-0.25, -0.2) is 0 Å². The van der Waals surface area contributed by atoms with Gasteiger partial charge in [-0.15, -0.1) is 0 Å². The lowest BCUT2D eigenvalue weighted by Gasteiger charge is -2.31. The van der Waals surface area contributed by atoms with Gasteiger partial charge in [-0.1, -0.05) is 20.8 Å². The monoisotopic (exact) mass is 367 g/mol.